The Hall–Kier alpha value is -1.66. The minimum absolute atomic E-state index is 0.318. The number of carbonyl (C=O) groups excluding carboxylic acids is 1. The van der Waals surface area contributed by atoms with Gasteiger partial charge in [-0.1, -0.05) is 41.7 Å². The topological polar surface area (TPSA) is 61.6 Å². The van der Waals surface area contributed by atoms with Gasteiger partial charge in [-0.15, -0.1) is 0 Å². The van der Waals surface area contributed by atoms with Crippen molar-refractivity contribution in [1.29, 1.82) is 0 Å². The van der Waals surface area contributed by atoms with Crippen molar-refractivity contribution in [1.82, 2.24) is 4.90 Å². The normalized spacial score (nSPS) is 15.0. The minimum Gasteiger partial charge on any atom is -0.397 e. The number of halogens is 3. The van der Waals surface area contributed by atoms with E-state index in [0.29, 0.717) is 32.0 Å². The molecule has 8 heteroatoms. The minimum atomic E-state index is -0.318. The van der Waals surface area contributed by atoms with Gasteiger partial charge in [-0.05, 0) is 36.9 Å². The molecule has 1 aliphatic rings. The van der Waals surface area contributed by atoms with Gasteiger partial charge in [0.15, 0.2) is 0 Å². The standard InChI is InChI=1S/C19H21Cl3N4O/c1-2-25-5-7-26(8-6-25)18-11-17(15(22)10-16(18)23)24-19(27)12-3-4-13(20)14(21)9-12/h3-4,9-11H,2,5-8,23H2,1H3,(H,24,27). The smallest absolute Gasteiger partial charge is 0.255 e. The first-order valence-electron chi connectivity index (χ1n) is 8.71. The number of nitrogens with two attached hydrogens (primary N) is 1. The van der Waals surface area contributed by atoms with E-state index >= 15 is 0 Å². The second kappa shape index (κ2) is 8.57. The lowest BCUT2D eigenvalue weighted by Gasteiger charge is -2.36. The number of nitrogens with one attached hydrogen (secondary N) is 1. The summed E-state index contributed by atoms with van der Waals surface area (Å²) in [4.78, 5) is 17.2. The van der Waals surface area contributed by atoms with E-state index in [-0.39, 0.29) is 5.91 Å². The van der Waals surface area contributed by atoms with E-state index in [0.717, 1.165) is 38.4 Å². The third-order valence-electron chi connectivity index (χ3n) is 4.71. The molecule has 0 spiro atoms. The summed E-state index contributed by atoms with van der Waals surface area (Å²) < 4.78 is 0. The number of hydrogen-bond acceptors (Lipinski definition) is 4. The maximum absolute atomic E-state index is 12.6. The molecule has 27 heavy (non-hydrogen) atoms. The molecule has 5 nitrogen and oxygen atoms in total. The number of likely N-dealkylation sites (N-methyl/N-ethyl adjacent to an activating group) is 1. The number of piperazine rings is 1. The molecule has 1 saturated heterocycles. The van der Waals surface area contributed by atoms with E-state index in [9.17, 15) is 4.79 Å². The largest absolute Gasteiger partial charge is 0.397 e. The van der Waals surface area contributed by atoms with Crippen LogP contribution in [0.25, 0.3) is 0 Å². The van der Waals surface area contributed by atoms with Gasteiger partial charge in [0.05, 0.1) is 32.1 Å². The third-order valence-corrected chi connectivity index (χ3v) is 5.76. The van der Waals surface area contributed by atoms with E-state index < -0.39 is 0 Å². The molecule has 3 N–H and O–H groups in total. The summed E-state index contributed by atoms with van der Waals surface area (Å²) in [5.74, 6) is -0.318. The highest BCUT2D eigenvalue weighted by molar-refractivity contribution is 6.42. The highest BCUT2D eigenvalue weighted by atomic mass is 35.5. The fourth-order valence-corrected chi connectivity index (χ4v) is 3.60. The average molecular weight is 428 g/mol. The summed E-state index contributed by atoms with van der Waals surface area (Å²) in [5, 5.41) is 3.94. The van der Waals surface area contributed by atoms with Gasteiger partial charge < -0.3 is 20.9 Å². The second-order valence-corrected chi connectivity index (χ2v) is 7.62. The van der Waals surface area contributed by atoms with Crippen LogP contribution >= 0.6 is 34.8 Å². The average Bonchev–Trinajstić information content (AvgIpc) is 2.66. The number of benzene rings is 2. The number of nitrogens with zero attached hydrogens (tertiary/aromatic N) is 2. The van der Waals surface area contributed by atoms with Crippen molar-refractivity contribution >= 4 is 57.8 Å². The quantitative estimate of drug-likeness (QED) is 0.699. The van der Waals surface area contributed by atoms with Crippen molar-refractivity contribution < 1.29 is 4.79 Å². The Labute approximate surface area is 174 Å². The van der Waals surface area contributed by atoms with E-state index in [4.69, 9.17) is 40.5 Å². The van der Waals surface area contributed by atoms with Gasteiger partial charge in [-0.2, -0.15) is 0 Å². The number of rotatable bonds is 4. The van der Waals surface area contributed by atoms with E-state index in [1.807, 2.05) is 6.07 Å². The van der Waals surface area contributed by atoms with Crippen LogP contribution in [0.5, 0.6) is 0 Å². The maximum atomic E-state index is 12.6. The van der Waals surface area contributed by atoms with Crippen LogP contribution in [0.3, 0.4) is 0 Å². The van der Waals surface area contributed by atoms with Crippen LogP contribution in [0.1, 0.15) is 17.3 Å². The number of anilines is 3. The van der Waals surface area contributed by atoms with Gasteiger partial charge in [0.25, 0.3) is 5.91 Å². The molecular weight excluding hydrogens is 407 g/mol. The molecule has 2 aromatic rings. The van der Waals surface area contributed by atoms with Crippen molar-refractivity contribution in [3.05, 3.63) is 51.0 Å². The Balaban J connectivity index is 1.81. The van der Waals surface area contributed by atoms with Crippen molar-refractivity contribution in [2.24, 2.45) is 0 Å². The van der Waals surface area contributed by atoms with Crippen molar-refractivity contribution in [2.75, 3.05) is 48.7 Å². The third kappa shape index (κ3) is 4.61. The van der Waals surface area contributed by atoms with E-state index in [1.54, 1.807) is 18.2 Å². The lowest BCUT2D eigenvalue weighted by molar-refractivity contribution is 0.102. The van der Waals surface area contributed by atoms with Gasteiger partial charge in [0, 0.05) is 31.7 Å². The summed E-state index contributed by atoms with van der Waals surface area (Å²) in [6.45, 7) is 6.89. The van der Waals surface area contributed by atoms with Gasteiger partial charge in [-0.3, -0.25) is 4.79 Å². The summed E-state index contributed by atoms with van der Waals surface area (Å²) in [7, 11) is 0. The maximum Gasteiger partial charge on any atom is 0.255 e. The van der Waals surface area contributed by atoms with Gasteiger partial charge >= 0.3 is 0 Å². The van der Waals surface area contributed by atoms with Gasteiger partial charge in [0.1, 0.15) is 0 Å². The molecule has 0 radical (unpaired) electrons. The van der Waals surface area contributed by atoms with Crippen LogP contribution in [0.2, 0.25) is 15.1 Å². The Morgan fingerprint density at radius 2 is 1.74 bits per heavy atom. The zero-order chi connectivity index (χ0) is 19.6. The molecule has 0 unspecified atom stereocenters. The summed E-state index contributed by atoms with van der Waals surface area (Å²) in [6.07, 6.45) is 0. The fourth-order valence-electron chi connectivity index (χ4n) is 3.08. The Kier molecular flexibility index (Phi) is 6.37. The molecule has 0 atom stereocenters. The molecule has 144 valence electrons. The molecule has 3 rings (SSSR count). The second-order valence-electron chi connectivity index (χ2n) is 6.40. The van der Waals surface area contributed by atoms with Crippen LogP contribution in [0, 0.1) is 0 Å². The van der Waals surface area contributed by atoms with Crippen LogP contribution in [-0.2, 0) is 0 Å². The Bertz CT molecular complexity index is 851. The molecule has 0 aromatic heterocycles. The molecule has 0 aliphatic carbocycles. The molecule has 2 aromatic carbocycles. The van der Waals surface area contributed by atoms with Crippen LogP contribution in [0.15, 0.2) is 30.3 Å². The number of hydrogen-bond donors (Lipinski definition) is 2. The first-order valence-corrected chi connectivity index (χ1v) is 9.85. The lowest BCUT2D eigenvalue weighted by atomic mass is 10.1. The van der Waals surface area contributed by atoms with E-state index in [2.05, 4.69) is 22.0 Å². The van der Waals surface area contributed by atoms with Crippen LogP contribution in [-0.4, -0.2) is 43.5 Å². The Morgan fingerprint density at radius 1 is 1.04 bits per heavy atom. The number of amides is 1. The number of carbonyl (C=O) groups is 1. The highest BCUT2D eigenvalue weighted by Gasteiger charge is 2.20. The molecule has 0 saturated carbocycles. The predicted molar refractivity (Wildman–Crippen MR) is 115 cm³/mol. The molecule has 0 bridgehead atoms. The van der Waals surface area contributed by atoms with E-state index in [1.165, 1.54) is 6.07 Å². The zero-order valence-corrected chi connectivity index (χ0v) is 17.2. The SMILES string of the molecule is CCN1CCN(c2cc(NC(=O)c3ccc(Cl)c(Cl)c3)c(Cl)cc2N)CC1. The molecule has 1 fully saturated rings. The van der Waals surface area contributed by atoms with Gasteiger partial charge in [-0.25, -0.2) is 0 Å². The lowest BCUT2D eigenvalue weighted by Crippen LogP contribution is -2.46. The molecular formula is C19H21Cl3N4O. The van der Waals surface area contributed by atoms with Crippen molar-refractivity contribution in [3.8, 4) is 0 Å². The van der Waals surface area contributed by atoms with Crippen LogP contribution < -0.4 is 16.0 Å². The summed E-state index contributed by atoms with van der Waals surface area (Å²) >= 11 is 18.2. The molecule has 1 heterocycles. The predicted octanol–water partition coefficient (Wildman–Crippen LogP) is 4.62. The van der Waals surface area contributed by atoms with Crippen molar-refractivity contribution in [2.45, 2.75) is 6.92 Å². The molecule has 1 amide bonds. The Morgan fingerprint density at radius 3 is 2.37 bits per heavy atom. The summed E-state index contributed by atoms with van der Waals surface area (Å²) in [6, 6.07) is 8.22. The first-order chi connectivity index (χ1) is 12.9. The molecule has 1 aliphatic heterocycles. The van der Waals surface area contributed by atoms with Gasteiger partial charge in [0.2, 0.25) is 0 Å². The first kappa shape index (κ1) is 20.1. The van der Waals surface area contributed by atoms with Crippen molar-refractivity contribution in [3.63, 3.8) is 0 Å². The monoisotopic (exact) mass is 426 g/mol. The number of nitrogen functional groups attached to an aromatic ring is 1. The summed E-state index contributed by atoms with van der Waals surface area (Å²) in [5.41, 5.74) is 8.56. The highest BCUT2D eigenvalue weighted by Crippen LogP contribution is 2.34. The van der Waals surface area contributed by atoms with Crippen LogP contribution in [0.4, 0.5) is 17.1 Å². The zero-order valence-electron chi connectivity index (χ0n) is 14.9. The fraction of sp³-hybridized carbons (Fsp3) is 0.316.